The molecule has 20 heavy (non-hydrogen) atoms. The van der Waals surface area contributed by atoms with Gasteiger partial charge in [0.1, 0.15) is 6.04 Å². The minimum absolute atomic E-state index is 0.0126. The second kappa shape index (κ2) is 6.55. The van der Waals surface area contributed by atoms with Crippen molar-refractivity contribution in [2.24, 2.45) is 0 Å². The number of nitrogens with one attached hydrogen (secondary N) is 1. The van der Waals surface area contributed by atoms with Crippen LogP contribution in [0.4, 0.5) is 5.69 Å². The average Bonchev–Trinajstić information content (AvgIpc) is 2.59. The van der Waals surface area contributed by atoms with Gasteiger partial charge in [0, 0.05) is 18.7 Å². The van der Waals surface area contributed by atoms with Crippen LogP contribution in [0.1, 0.15) is 38.7 Å². The van der Waals surface area contributed by atoms with Crippen LogP contribution in [-0.2, 0) is 16.0 Å². The van der Waals surface area contributed by atoms with E-state index in [0.717, 1.165) is 24.1 Å². The third-order valence-corrected chi connectivity index (χ3v) is 3.70. The topological polar surface area (TPSA) is 49.4 Å². The highest BCUT2D eigenvalue weighted by atomic mass is 16.2. The van der Waals surface area contributed by atoms with Crippen molar-refractivity contribution < 1.29 is 9.59 Å². The lowest BCUT2D eigenvalue weighted by atomic mass is 10.1. The molecule has 1 saturated heterocycles. The maximum atomic E-state index is 12.7. The second-order valence-corrected chi connectivity index (χ2v) is 5.13. The van der Waals surface area contributed by atoms with Gasteiger partial charge >= 0.3 is 0 Å². The summed E-state index contributed by atoms with van der Waals surface area (Å²) >= 11 is 0. The predicted octanol–water partition coefficient (Wildman–Crippen LogP) is 2.27. The number of benzene rings is 1. The Kier molecular flexibility index (Phi) is 4.77. The largest absolute Gasteiger partial charge is 0.344 e. The number of carbonyl (C=O) groups excluding carboxylic acids is 2. The minimum atomic E-state index is -0.389. The summed E-state index contributed by atoms with van der Waals surface area (Å²) in [5.74, 6) is -0.0214. The summed E-state index contributed by atoms with van der Waals surface area (Å²) in [5.41, 5.74) is 2.09. The van der Waals surface area contributed by atoms with Gasteiger partial charge in [-0.3, -0.25) is 9.59 Å². The average molecular weight is 274 g/mol. The van der Waals surface area contributed by atoms with Crippen molar-refractivity contribution in [3.8, 4) is 0 Å². The van der Waals surface area contributed by atoms with Crippen molar-refractivity contribution in [1.82, 2.24) is 5.32 Å². The Morgan fingerprint density at radius 2 is 2.00 bits per heavy atom. The first kappa shape index (κ1) is 14.6. The minimum Gasteiger partial charge on any atom is -0.344 e. The molecule has 1 N–H and O–H groups in total. The van der Waals surface area contributed by atoms with E-state index in [1.807, 2.05) is 31.2 Å². The summed E-state index contributed by atoms with van der Waals surface area (Å²) in [6, 6.07) is 7.54. The zero-order valence-corrected chi connectivity index (χ0v) is 12.2. The van der Waals surface area contributed by atoms with Crippen molar-refractivity contribution in [2.75, 3.05) is 11.4 Å². The molecule has 1 aromatic rings. The molecule has 1 aromatic carbocycles. The number of anilines is 1. The third kappa shape index (κ3) is 3.00. The van der Waals surface area contributed by atoms with E-state index in [0.29, 0.717) is 19.4 Å². The van der Waals surface area contributed by atoms with Crippen molar-refractivity contribution in [1.29, 1.82) is 0 Å². The molecule has 1 unspecified atom stereocenters. The fourth-order valence-electron chi connectivity index (χ4n) is 2.64. The number of rotatable bonds is 4. The fraction of sp³-hybridized carbons (Fsp3) is 0.500. The Balaban J connectivity index is 2.33. The molecule has 0 radical (unpaired) electrons. The molecule has 0 aliphatic carbocycles. The van der Waals surface area contributed by atoms with Crippen LogP contribution in [0, 0.1) is 0 Å². The Morgan fingerprint density at radius 3 is 2.70 bits per heavy atom. The predicted molar refractivity (Wildman–Crippen MR) is 79.6 cm³/mol. The van der Waals surface area contributed by atoms with Crippen LogP contribution in [0.3, 0.4) is 0 Å². The van der Waals surface area contributed by atoms with Crippen molar-refractivity contribution in [3.63, 3.8) is 0 Å². The van der Waals surface area contributed by atoms with E-state index in [1.165, 1.54) is 0 Å². The molecule has 2 rings (SSSR count). The van der Waals surface area contributed by atoms with Crippen LogP contribution in [0.15, 0.2) is 24.3 Å². The number of amides is 2. The van der Waals surface area contributed by atoms with E-state index in [1.54, 1.807) is 4.90 Å². The third-order valence-electron chi connectivity index (χ3n) is 3.70. The van der Waals surface area contributed by atoms with E-state index < -0.39 is 0 Å². The first-order valence-corrected chi connectivity index (χ1v) is 7.36. The highest BCUT2D eigenvalue weighted by molar-refractivity contribution is 6.01. The Morgan fingerprint density at radius 1 is 1.25 bits per heavy atom. The molecule has 1 aliphatic rings. The summed E-state index contributed by atoms with van der Waals surface area (Å²) in [5, 5.41) is 2.84. The van der Waals surface area contributed by atoms with Gasteiger partial charge in [0.25, 0.3) is 0 Å². The second-order valence-electron chi connectivity index (χ2n) is 5.13. The standard InChI is InChI=1S/C16H22N2O2/c1-3-7-13-16(20)18(11-10-15(19)17-13)14-9-6-5-8-12(14)4-2/h5-6,8-9,13H,3-4,7,10-11H2,1-2H3,(H,17,19). The van der Waals surface area contributed by atoms with E-state index in [2.05, 4.69) is 12.2 Å². The van der Waals surface area contributed by atoms with E-state index in [-0.39, 0.29) is 17.9 Å². The van der Waals surface area contributed by atoms with Crippen LogP contribution >= 0.6 is 0 Å². The number of carbonyl (C=O) groups is 2. The maximum absolute atomic E-state index is 12.7. The van der Waals surface area contributed by atoms with Gasteiger partial charge in [-0.15, -0.1) is 0 Å². The molecule has 0 spiro atoms. The molecule has 1 heterocycles. The quantitative estimate of drug-likeness (QED) is 0.915. The summed E-state index contributed by atoms with van der Waals surface area (Å²) in [6.45, 7) is 4.56. The Hall–Kier alpha value is -1.84. The molecule has 4 nitrogen and oxygen atoms in total. The normalized spacial score (nSPS) is 19.7. The number of aryl methyl sites for hydroxylation is 1. The van der Waals surface area contributed by atoms with Crippen LogP contribution in [0.5, 0.6) is 0 Å². The zero-order valence-electron chi connectivity index (χ0n) is 12.2. The molecular formula is C16H22N2O2. The molecule has 4 heteroatoms. The first-order chi connectivity index (χ1) is 9.67. The van der Waals surface area contributed by atoms with Gasteiger partial charge in [-0.25, -0.2) is 0 Å². The SMILES string of the molecule is CCCC1NC(=O)CCN(c2ccccc2CC)C1=O. The highest BCUT2D eigenvalue weighted by Gasteiger charge is 2.30. The zero-order chi connectivity index (χ0) is 14.5. The van der Waals surface area contributed by atoms with Crippen molar-refractivity contribution >= 4 is 17.5 Å². The van der Waals surface area contributed by atoms with Gasteiger partial charge in [0.2, 0.25) is 11.8 Å². The van der Waals surface area contributed by atoms with Crippen LogP contribution in [0.25, 0.3) is 0 Å². The summed E-state index contributed by atoms with van der Waals surface area (Å²) in [6.07, 6.45) is 2.80. The van der Waals surface area contributed by atoms with Gasteiger partial charge in [-0.1, -0.05) is 38.5 Å². The van der Waals surface area contributed by atoms with Crippen LogP contribution in [-0.4, -0.2) is 24.4 Å². The summed E-state index contributed by atoms with van der Waals surface area (Å²) in [7, 11) is 0. The van der Waals surface area contributed by atoms with Gasteiger partial charge in [0.05, 0.1) is 0 Å². The summed E-state index contributed by atoms with van der Waals surface area (Å²) in [4.78, 5) is 26.2. The molecule has 2 amide bonds. The lowest BCUT2D eigenvalue weighted by Gasteiger charge is -2.26. The maximum Gasteiger partial charge on any atom is 0.249 e. The van der Waals surface area contributed by atoms with Crippen molar-refractivity contribution in [3.05, 3.63) is 29.8 Å². The van der Waals surface area contributed by atoms with Gasteiger partial charge < -0.3 is 10.2 Å². The Labute approximate surface area is 120 Å². The highest BCUT2D eigenvalue weighted by Crippen LogP contribution is 2.23. The van der Waals surface area contributed by atoms with Crippen LogP contribution in [0.2, 0.25) is 0 Å². The van der Waals surface area contributed by atoms with E-state index >= 15 is 0 Å². The lowest BCUT2D eigenvalue weighted by Crippen LogP contribution is -2.44. The monoisotopic (exact) mass is 274 g/mol. The van der Waals surface area contributed by atoms with Gasteiger partial charge in [-0.2, -0.15) is 0 Å². The van der Waals surface area contributed by atoms with Gasteiger partial charge in [-0.05, 0) is 24.5 Å². The van der Waals surface area contributed by atoms with Gasteiger partial charge in [0.15, 0.2) is 0 Å². The van der Waals surface area contributed by atoms with Crippen molar-refractivity contribution in [2.45, 2.75) is 45.6 Å². The number of hydrogen-bond acceptors (Lipinski definition) is 2. The summed E-state index contributed by atoms with van der Waals surface area (Å²) < 4.78 is 0. The number of nitrogens with zero attached hydrogens (tertiary/aromatic N) is 1. The van der Waals surface area contributed by atoms with E-state index in [9.17, 15) is 9.59 Å². The smallest absolute Gasteiger partial charge is 0.249 e. The molecule has 1 atom stereocenters. The molecule has 1 fully saturated rings. The molecule has 0 bridgehead atoms. The molecular weight excluding hydrogens is 252 g/mol. The lowest BCUT2D eigenvalue weighted by molar-refractivity contribution is -0.125. The molecule has 108 valence electrons. The Bertz CT molecular complexity index is 499. The van der Waals surface area contributed by atoms with E-state index in [4.69, 9.17) is 0 Å². The first-order valence-electron chi connectivity index (χ1n) is 7.36. The molecule has 0 aromatic heterocycles. The number of hydrogen-bond donors (Lipinski definition) is 1. The number of para-hydroxylation sites is 1. The molecule has 1 aliphatic heterocycles. The fourth-order valence-corrected chi connectivity index (χ4v) is 2.64. The molecule has 0 saturated carbocycles. The van der Waals surface area contributed by atoms with Crippen LogP contribution < -0.4 is 10.2 Å².